The molecule has 2 rings (SSSR count). The Balaban J connectivity index is 0.00000338. The van der Waals surface area contributed by atoms with Crippen molar-refractivity contribution >= 4 is 18.3 Å². The maximum atomic E-state index is 12.7. The van der Waals surface area contributed by atoms with Gasteiger partial charge < -0.3 is 10.6 Å². The second-order valence-electron chi connectivity index (χ2n) is 6.19. The highest BCUT2D eigenvalue weighted by Gasteiger charge is 2.16. The van der Waals surface area contributed by atoms with Gasteiger partial charge >= 0.3 is 0 Å². The largest absolute Gasteiger partial charge is 0.338 e. The molecule has 0 aliphatic heterocycles. The average molecular weight is 376 g/mol. The summed E-state index contributed by atoms with van der Waals surface area (Å²) in [6.45, 7) is 5.96. The van der Waals surface area contributed by atoms with E-state index in [9.17, 15) is 4.79 Å². The number of carbonyl (C=O) groups excluding carboxylic acids is 1. The van der Waals surface area contributed by atoms with E-state index >= 15 is 0 Å². The molecule has 0 aromatic heterocycles. The highest BCUT2D eigenvalue weighted by Crippen LogP contribution is 2.06. The number of nitrogens with zero attached hydrogens (tertiary/aromatic N) is 2. The predicted molar refractivity (Wildman–Crippen MR) is 110 cm³/mol. The summed E-state index contributed by atoms with van der Waals surface area (Å²) in [5.41, 5.74) is 8.19. The van der Waals surface area contributed by atoms with Gasteiger partial charge in [-0.05, 0) is 24.5 Å². The minimum absolute atomic E-state index is 0. The standard InChI is InChI=1S/C21H29N3O.ClH/c1-2-24(17-20-11-7-4-8-12-20)21(25)18-23(16-14-22)15-13-19-9-5-3-6-10-19;/h3-12H,2,13-18,22H2,1H3;1H. The molecular weight excluding hydrogens is 346 g/mol. The summed E-state index contributed by atoms with van der Waals surface area (Å²) in [6, 6.07) is 20.5. The molecule has 26 heavy (non-hydrogen) atoms. The molecule has 0 saturated carbocycles. The highest BCUT2D eigenvalue weighted by molar-refractivity contribution is 5.85. The van der Waals surface area contributed by atoms with Crippen molar-refractivity contribution in [3.8, 4) is 0 Å². The summed E-state index contributed by atoms with van der Waals surface area (Å²) < 4.78 is 0. The monoisotopic (exact) mass is 375 g/mol. The number of rotatable bonds is 10. The third kappa shape index (κ3) is 7.56. The van der Waals surface area contributed by atoms with E-state index in [-0.39, 0.29) is 18.3 Å². The first-order valence-electron chi connectivity index (χ1n) is 9.01. The van der Waals surface area contributed by atoms with Gasteiger partial charge in [0.25, 0.3) is 0 Å². The van der Waals surface area contributed by atoms with Gasteiger partial charge in [0.1, 0.15) is 0 Å². The molecule has 2 aromatic carbocycles. The second kappa shape index (κ2) is 12.5. The van der Waals surface area contributed by atoms with E-state index in [0.29, 0.717) is 26.2 Å². The Kier molecular flexibility index (Phi) is 10.6. The number of carbonyl (C=O) groups is 1. The maximum absolute atomic E-state index is 12.7. The third-order valence-corrected chi connectivity index (χ3v) is 4.31. The molecule has 2 N–H and O–H groups in total. The minimum atomic E-state index is 0. The number of benzene rings is 2. The van der Waals surface area contributed by atoms with Crippen LogP contribution in [0.1, 0.15) is 18.1 Å². The van der Waals surface area contributed by atoms with Crippen LogP contribution in [0.3, 0.4) is 0 Å². The van der Waals surface area contributed by atoms with Gasteiger partial charge in [0.15, 0.2) is 0 Å². The van der Waals surface area contributed by atoms with Gasteiger partial charge in [0.05, 0.1) is 6.54 Å². The highest BCUT2D eigenvalue weighted by atomic mass is 35.5. The normalized spacial score (nSPS) is 10.4. The van der Waals surface area contributed by atoms with Crippen LogP contribution in [0, 0.1) is 0 Å². The van der Waals surface area contributed by atoms with Gasteiger partial charge in [-0.2, -0.15) is 0 Å². The van der Waals surface area contributed by atoms with E-state index in [4.69, 9.17) is 5.73 Å². The zero-order chi connectivity index (χ0) is 17.9. The Bertz CT molecular complexity index is 622. The van der Waals surface area contributed by atoms with E-state index in [1.165, 1.54) is 5.56 Å². The van der Waals surface area contributed by atoms with Crippen molar-refractivity contribution in [2.75, 3.05) is 32.7 Å². The van der Waals surface area contributed by atoms with Crippen LogP contribution in [0.2, 0.25) is 0 Å². The molecule has 2 aromatic rings. The number of nitrogens with two attached hydrogens (primary N) is 1. The number of halogens is 1. The molecule has 0 fully saturated rings. The van der Waals surface area contributed by atoms with Crippen LogP contribution in [0.15, 0.2) is 60.7 Å². The summed E-state index contributed by atoms with van der Waals surface area (Å²) >= 11 is 0. The van der Waals surface area contributed by atoms with Gasteiger partial charge in [-0.15, -0.1) is 12.4 Å². The summed E-state index contributed by atoms with van der Waals surface area (Å²) in [6.07, 6.45) is 0.929. The van der Waals surface area contributed by atoms with Crippen molar-refractivity contribution in [1.82, 2.24) is 9.80 Å². The lowest BCUT2D eigenvalue weighted by Crippen LogP contribution is -2.42. The fourth-order valence-electron chi connectivity index (χ4n) is 2.86. The van der Waals surface area contributed by atoms with Crippen molar-refractivity contribution in [3.05, 3.63) is 71.8 Å². The van der Waals surface area contributed by atoms with Crippen molar-refractivity contribution in [1.29, 1.82) is 0 Å². The quantitative estimate of drug-likeness (QED) is 0.694. The average Bonchev–Trinajstić information content (AvgIpc) is 2.66. The van der Waals surface area contributed by atoms with Gasteiger partial charge in [-0.25, -0.2) is 0 Å². The Hall–Kier alpha value is -1.88. The van der Waals surface area contributed by atoms with Crippen molar-refractivity contribution < 1.29 is 4.79 Å². The molecule has 0 spiro atoms. The lowest BCUT2D eigenvalue weighted by atomic mass is 10.1. The van der Waals surface area contributed by atoms with Crippen LogP contribution >= 0.6 is 12.4 Å². The van der Waals surface area contributed by atoms with E-state index in [2.05, 4.69) is 29.2 Å². The van der Waals surface area contributed by atoms with Crippen LogP contribution in [-0.4, -0.2) is 48.4 Å². The van der Waals surface area contributed by atoms with E-state index in [1.54, 1.807) is 0 Å². The number of likely N-dealkylation sites (N-methyl/N-ethyl adjacent to an activating group) is 1. The van der Waals surface area contributed by atoms with Gasteiger partial charge in [-0.3, -0.25) is 9.69 Å². The van der Waals surface area contributed by atoms with Crippen LogP contribution in [-0.2, 0) is 17.8 Å². The molecular formula is C21H30ClN3O. The molecule has 1 amide bonds. The van der Waals surface area contributed by atoms with Crippen LogP contribution in [0.4, 0.5) is 0 Å². The predicted octanol–water partition coefficient (Wildman–Crippen LogP) is 2.96. The Morgan fingerprint density at radius 2 is 1.50 bits per heavy atom. The Labute approximate surface area is 163 Å². The molecule has 0 aliphatic carbocycles. The zero-order valence-corrected chi connectivity index (χ0v) is 16.3. The SMILES string of the molecule is CCN(Cc1ccccc1)C(=O)CN(CCN)CCc1ccccc1.Cl. The van der Waals surface area contributed by atoms with E-state index in [0.717, 1.165) is 25.1 Å². The third-order valence-electron chi connectivity index (χ3n) is 4.31. The van der Waals surface area contributed by atoms with Gasteiger partial charge in [-0.1, -0.05) is 60.7 Å². The second-order valence-corrected chi connectivity index (χ2v) is 6.19. The van der Waals surface area contributed by atoms with Crippen molar-refractivity contribution in [2.24, 2.45) is 5.73 Å². The molecule has 0 aliphatic rings. The molecule has 4 nitrogen and oxygen atoms in total. The molecule has 142 valence electrons. The molecule has 0 radical (unpaired) electrons. The van der Waals surface area contributed by atoms with E-state index in [1.807, 2.05) is 48.2 Å². The summed E-state index contributed by atoms with van der Waals surface area (Å²) in [5.74, 6) is 0.160. The fourth-order valence-corrected chi connectivity index (χ4v) is 2.86. The summed E-state index contributed by atoms with van der Waals surface area (Å²) in [7, 11) is 0. The molecule has 0 bridgehead atoms. The number of amides is 1. The lowest BCUT2D eigenvalue weighted by molar-refractivity contribution is -0.132. The summed E-state index contributed by atoms with van der Waals surface area (Å²) in [5, 5.41) is 0. The zero-order valence-electron chi connectivity index (χ0n) is 15.5. The maximum Gasteiger partial charge on any atom is 0.237 e. The number of hydrogen-bond donors (Lipinski definition) is 1. The molecule has 5 heteroatoms. The smallest absolute Gasteiger partial charge is 0.237 e. The van der Waals surface area contributed by atoms with Gasteiger partial charge in [0.2, 0.25) is 5.91 Å². The van der Waals surface area contributed by atoms with Crippen LogP contribution in [0.25, 0.3) is 0 Å². The van der Waals surface area contributed by atoms with Crippen molar-refractivity contribution in [3.63, 3.8) is 0 Å². The molecule has 0 atom stereocenters. The molecule has 0 unspecified atom stereocenters. The molecule has 0 saturated heterocycles. The van der Waals surface area contributed by atoms with Crippen LogP contribution in [0.5, 0.6) is 0 Å². The Morgan fingerprint density at radius 3 is 2.04 bits per heavy atom. The lowest BCUT2D eigenvalue weighted by Gasteiger charge is -2.26. The topological polar surface area (TPSA) is 49.6 Å². The summed E-state index contributed by atoms with van der Waals surface area (Å²) in [4.78, 5) is 16.8. The first kappa shape index (κ1) is 22.2. The number of hydrogen-bond acceptors (Lipinski definition) is 3. The van der Waals surface area contributed by atoms with E-state index < -0.39 is 0 Å². The fraction of sp³-hybridized carbons (Fsp3) is 0.381. The first-order chi connectivity index (χ1) is 12.2. The molecule has 0 heterocycles. The first-order valence-corrected chi connectivity index (χ1v) is 9.01. The van der Waals surface area contributed by atoms with Gasteiger partial charge in [0, 0.05) is 32.7 Å². The van der Waals surface area contributed by atoms with Crippen LogP contribution < -0.4 is 5.73 Å². The minimum Gasteiger partial charge on any atom is -0.338 e. The van der Waals surface area contributed by atoms with Crippen molar-refractivity contribution in [2.45, 2.75) is 19.9 Å². The Morgan fingerprint density at radius 1 is 0.923 bits per heavy atom.